The van der Waals surface area contributed by atoms with Crippen molar-refractivity contribution in [2.45, 2.75) is 0 Å². The molecule has 0 saturated carbocycles. The van der Waals surface area contributed by atoms with E-state index >= 15 is 0 Å². The molecule has 0 bridgehead atoms. The van der Waals surface area contributed by atoms with E-state index in [0.29, 0.717) is 0 Å². The number of rotatable bonds is 2. The van der Waals surface area contributed by atoms with Crippen molar-refractivity contribution >= 4 is 25.2 Å². The summed E-state index contributed by atoms with van der Waals surface area (Å²) in [6.07, 6.45) is 0.832. The van der Waals surface area contributed by atoms with Crippen molar-refractivity contribution in [3.05, 3.63) is 18.0 Å². The van der Waals surface area contributed by atoms with Crippen LogP contribution < -0.4 is 4.89 Å². The van der Waals surface area contributed by atoms with Crippen LogP contribution in [0.5, 0.6) is 0 Å². The first-order valence-electron chi connectivity index (χ1n) is 2.81. The minimum absolute atomic E-state index is 0.0816. The zero-order valence-electron chi connectivity index (χ0n) is 5.77. The fourth-order valence-electron chi connectivity index (χ4n) is 0.352. The molecule has 12 heavy (non-hydrogen) atoms. The van der Waals surface area contributed by atoms with Gasteiger partial charge in [0.05, 0.1) is 0 Å². The molecule has 0 radical (unpaired) electrons. The van der Waals surface area contributed by atoms with Gasteiger partial charge in [-0.3, -0.25) is 0 Å². The van der Waals surface area contributed by atoms with Crippen molar-refractivity contribution < 1.29 is 24.3 Å². The van der Waals surface area contributed by atoms with Gasteiger partial charge in [-0.1, -0.05) is 6.58 Å². The quantitative estimate of drug-likeness (QED) is 0.245. The molecule has 5 nitrogen and oxygen atoms in total. The maximum atomic E-state index is 10.6. The lowest BCUT2D eigenvalue weighted by molar-refractivity contribution is -0.251. The van der Waals surface area contributed by atoms with E-state index in [9.17, 15) is 14.5 Å². The highest BCUT2D eigenvalue weighted by molar-refractivity contribution is 7.64. The third-order valence-electron chi connectivity index (χ3n) is 0.920. The molecule has 1 atom stereocenters. The molecule has 6 heteroatoms. The van der Waals surface area contributed by atoms with Crippen LogP contribution in [0, 0.1) is 0 Å². The first-order chi connectivity index (χ1) is 5.65. The predicted molar refractivity (Wildman–Crippen MR) is 37.8 cm³/mol. The Labute approximate surface area is 68.3 Å². The summed E-state index contributed by atoms with van der Waals surface area (Å²) in [7, 11) is -1.78. The van der Waals surface area contributed by atoms with Gasteiger partial charge in [-0.05, 0) is 0 Å². The van der Waals surface area contributed by atoms with Crippen molar-refractivity contribution in [2.24, 2.45) is 0 Å². The third-order valence-corrected chi connectivity index (χ3v) is 1.82. The highest BCUT2D eigenvalue weighted by atomic mass is 31.1. The van der Waals surface area contributed by atoms with Crippen LogP contribution in [0.1, 0.15) is 0 Å². The van der Waals surface area contributed by atoms with E-state index in [2.05, 4.69) is 21.8 Å². The smallest absolute Gasteiger partial charge is 0.440 e. The van der Waals surface area contributed by atoms with Gasteiger partial charge in [-0.25, -0.2) is 19.4 Å². The Kier molecular flexibility index (Phi) is 2.41. The van der Waals surface area contributed by atoms with E-state index in [1.807, 2.05) is 0 Å². The van der Waals surface area contributed by atoms with Crippen LogP contribution in [0.3, 0.4) is 0 Å². The summed E-state index contributed by atoms with van der Waals surface area (Å²) in [5.74, 6) is -1.84. The summed E-state index contributed by atoms with van der Waals surface area (Å²) in [6.45, 7) is 3.07. The van der Waals surface area contributed by atoms with Gasteiger partial charge in [0.15, 0.2) is 13.2 Å². The Balaban J connectivity index is 2.25. The minimum Gasteiger partial charge on any atom is -0.618 e. The van der Waals surface area contributed by atoms with Gasteiger partial charge in [0, 0.05) is 6.08 Å². The maximum Gasteiger partial charge on any atom is 0.440 e. The lowest BCUT2D eigenvalue weighted by Crippen LogP contribution is -2.08. The van der Waals surface area contributed by atoms with Crippen molar-refractivity contribution in [2.75, 3.05) is 0 Å². The molecule has 0 aromatic heterocycles. The number of carbonyl (C=O) groups is 2. The second-order valence-corrected chi connectivity index (χ2v) is 2.99. The van der Waals surface area contributed by atoms with Gasteiger partial charge >= 0.3 is 17.3 Å². The van der Waals surface area contributed by atoms with Gasteiger partial charge in [0.25, 0.3) is 0 Å². The monoisotopic (exact) mass is 186 g/mol. The van der Waals surface area contributed by atoms with Gasteiger partial charge in [-0.15, -0.1) is 0 Å². The van der Waals surface area contributed by atoms with Gasteiger partial charge in [0.2, 0.25) is 0 Å². The second-order valence-electron chi connectivity index (χ2n) is 1.73. The molecule has 0 aliphatic carbocycles. The van der Waals surface area contributed by atoms with E-state index in [1.165, 1.54) is 0 Å². The Bertz CT molecular complexity index is 323. The Hall–Kier alpha value is -1.41. The maximum absolute atomic E-state index is 10.6. The normalized spacial score (nSPS) is 15.4. The number of hydrogen-bond donors (Lipinski definition) is 0. The summed E-state index contributed by atoms with van der Waals surface area (Å²) >= 11 is 0. The fraction of sp³-hybridized carbons (Fsp3) is 0. The van der Waals surface area contributed by atoms with E-state index < -0.39 is 19.7 Å². The Morgan fingerprint density at radius 1 is 1.58 bits per heavy atom. The summed E-state index contributed by atoms with van der Waals surface area (Å²) in [6, 6.07) is 0. The molecule has 0 saturated heterocycles. The van der Waals surface area contributed by atoms with Crippen molar-refractivity contribution in [3.8, 4) is 0 Å². The van der Waals surface area contributed by atoms with Gasteiger partial charge in [0.1, 0.15) is 0 Å². The Morgan fingerprint density at radius 2 is 2.17 bits per heavy atom. The molecule has 0 N–H and O–H groups in total. The van der Waals surface area contributed by atoms with Crippen LogP contribution in [0.25, 0.3) is 0 Å². The van der Waals surface area contributed by atoms with Crippen LogP contribution in [0.4, 0.5) is 0 Å². The molecule has 0 aromatic rings. The first kappa shape index (κ1) is 8.68. The summed E-state index contributed by atoms with van der Waals surface area (Å²) in [5, 5.41) is -0.0816. The molecular weight excluding hydrogens is 183 g/mol. The number of hydrogen-bond acceptors (Lipinski definition) is 5. The largest absolute Gasteiger partial charge is 0.618 e. The molecular formula is C6H3O5P. The molecule has 62 valence electrons. The minimum atomic E-state index is -1.78. The molecule has 0 fully saturated rings. The van der Waals surface area contributed by atoms with Crippen molar-refractivity contribution in [1.82, 2.24) is 0 Å². The summed E-state index contributed by atoms with van der Waals surface area (Å²) in [5.41, 5.74) is 2.21. The Morgan fingerprint density at radius 3 is 2.58 bits per heavy atom. The first-order valence-corrected chi connectivity index (χ1v) is 4.07. The molecule has 0 aromatic carbocycles. The van der Waals surface area contributed by atoms with E-state index in [1.54, 1.807) is 0 Å². The SMILES string of the molecule is C=CC(=O)OOC(=O)C1=C=[P+]1[O-]. The van der Waals surface area contributed by atoms with E-state index in [4.69, 9.17) is 0 Å². The summed E-state index contributed by atoms with van der Waals surface area (Å²) < 4.78 is 0. The molecule has 0 spiro atoms. The van der Waals surface area contributed by atoms with Crippen LogP contribution in [0.2, 0.25) is 0 Å². The average Bonchev–Trinajstić information content (AvgIpc) is 2.77. The van der Waals surface area contributed by atoms with Gasteiger partial charge in [-0.2, -0.15) is 0 Å². The third kappa shape index (κ3) is 2.04. The second kappa shape index (κ2) is 3.32. The van der Waals surface area contributed by atoms with Crippen LogP contribution in [-0.2, 0) is 19.4 Å². The highest BCUT2D eigenvalue weighted by Gasteiger charge is 2.34. The molecule has 1 aliphatic heterocycles. The van der Waals surface area contributed by atoms with E-state index in [-0.39, 0.29) is 5.31 Å². The highest BCUT2D eigenvalue weighted by Crippen LogP contribution is 2.33. The molecule has 0 amide bonds. The molecule has 1 rings (SSSR count). The number of carbonyl (C=O) groups excluding carboxylic acids is 2. The zero-order valence-corrected chi connectivity index (χ0v) is 6.67. The predicted octanol–water partition coefficient (Wildman–Crippen LogP) is -0.770. The lowest BCUT2D eigenvalue weighted by atomic mass is 10.7. The van der Waals surface area contributed by atoms with E-state index in [0.717, 1.165) is 6.08 Å². The summed E-state index contributed by atoms with van der Waals surface area (Å²) in [4.78, 5) is 39.2. The van der Waals surface area contributed by atoms with Crippen molar-refractivity contribution in [3.63, 3.8) is 0 Å². The fourth-order valence-corrected chi connectivity index (χ4v) is 0.911. The van der Waals surface area contributed by atoms with Crippen molar-refractivity contribution in [1.29, 1.82) is 0 Å². The van der Waals surface area contributed by atoms with Crippen LogP contribution >= 0.6 is 7.77 Å². The standard InChI is InChI=1S/C6H3O5P/c1-2-5(7)10-11-6(8)4-3-12(4)9/h2H,1H2. The van der Waals surface area contributed by atoms with Crippen LogP contribution in [-0.4, -0.2) is 17.4 Å². The molecule has 1 unspecified atom stereocenters. The average molecular weight is 186 g/mol. The molecule has 1 aliphatic rings. The molecule has 1 heterocycles. The topological polar surface area (TPSA) is 75.7 Å². The van der Waals surface area contributed by atoms with Gasteiger partial charge < -0.3 is 4.89 Å². The zero-order chi connectivity index (χ0) is 9.14. The lowest BCUT2D eigenvalue weighted by Gasteiger charge is -1.94. The van der Waals surface area contributed by atoms with Crippen LogP contribution in [0.15, 0.2) is 18.0 Å².